The lowest BCUT2D eigenvalue weighted by Crippen LogP contribution is -1.97. The molecule has 24 heavy (non-hydrogen) atoms. The minimum Gasteiger partial charge on any atom is -0.493 e. The molecule has 126 valence electrons. The first kappa shape index (κ1) is 18.2. The molecule has 5 nitrogen and oxygen atoms in total. The Bertz CT molecular complexity index is 794. The number of ether oxygens (including phenoxy) is 2. The summed E-state index contributed by atoms with van der Waals surface area (Å²) in [7, 11) is 1.54. The Morgan fingerprint density at radius 1 is 1.29 bits per heavy atom. The molecule has 0 aliphatic heterocycles. The Labute approximate surface area is 151 Å². The first-order valence-electron chi connectivity index (χ1n) is 7.02. The molecule has 0 saturated carbocycles. The SMILES string of the molecule is CCOc1c(Br)cc(/C=C/C(=O)c2ccc(C(=O)O)s2)cc1OC. The predicted molar refractivity (Wildman–Crippen MR) is 96.5 cm³/mol. The van der Waals surface area contributed by atoms with Crippen LogP contribution in [0.4, 0.5) is 0 Å². The van der Waals surface area contributed by atoms with Gasteiger partial charge >= 0.3 is 5.97 Å². The summed E-state index contributed by atoms with van der Waals surface area (Å²) in [5, 5.41) is 8.90. The molecule has 0 aliphatic carbocycles. The lowest BCUT2D eigenvalue weighted by atomic mass is 10.1. The van der Waals surface area contributed by atoms with Crippen molar-refractivity contribution in [1.82, 2.24) is 0 Å². The molecule has 0 bridgehead atoms. The average Bonchev–Trinajstić information content (AvgIpc) is 3.05. The number of aromatic carboxylic acids is 1. The van der Waals surface area contributed by atoms with Gasteiger partial charge in [0, 0.05) is 0 Å². The molecule has 0 unspecified atom stereocenters. The first-order chi connectivity index (χ1) is 11.5. The Kier molecular flexibility index (Phi) is 6.16. The molecule has 0 fully saturated rings. The number of carboxylic acid groups (broad SMARTS) is 1. The molecule has 0 saturated heterocycles. The van der Waals surface area contributed by atoms with Crippen molar-refractivity contribution >= 4 is 45.1 Å². The zero-order valence-electron chi connectivity index (χ0n) is 13.0. The van der Waals surface area contributed by atoms with Gasteiger partial charge in [-0.15, -0.1) is 11.3 Å². The van der Waals surface area contributed by atoms with Crippen LogP contribution in [0.15, 0.2) is 34.8 Å². The molecule has 7 heteroatoms. The van der Waals surface area contributed by atoms with Crippen molar-refractivity contribution in [2.45, 2.75) is 6.92 Å². The lowest BCUT2D eigenvalue weighted by molar-refractivity contribution is 0.0702. The standard InChI is InChI=1S/C17H15BrO5S/c1-3-23-16-11(18)8-10(9-13(16)22-2)4-5-12(19)14-6-7-15(24-14)17(20)21/h4-9H,3H2,1-2H3,(H,20,21)/b5-4+. The second-order valence-electron chi connectivity index (χ2n) is 4.63. The van der Waals surface area contributed by atoms with Crippen molar-refractivity contribution < 1.29 is 24.2 Å². The van der Waals surface area contributed by atoms with Gasteiger partial charge in [-0.2, -0.15) is 0 Å². The van der Waals surface area contributed by atoms with E-state index >= 15 is 0 Å². The second kappa shape index (κ2) is 8.12. The molecule has 0 radical (unpaired) electrons. The number of methoxy groups -OCH3 is 1. The Morgan fingerprint density at radius 3 is 2.58 bits per heavy atom. The summed E-state index contributed by atoms with van der Waals surface area (Å²) in [6.07, 6.45) is 3.05. The number of allylic oxidation sites excluding steroid dienone is 1. The van der Waals surface area contributed by atoms with Gasteiger partial charge in [0.2, 0.25) is 0 Å². The van der Waals surface area contributed by atoms with E-state index in [1.807, 2.05) is 13.0 Å². The number of carboxylic acids is 1. The summed E-state index contributed by atoms with van der Waals surface area (Å²) < 4.78 is 11.5. The molecular formula is C17H15BrO5S. The predicted octanol–water partition coefficient (Wildman–Crippen LogP) is 4.51. The number of halogens is 1. The maximum Gasteiger partial charge on any atom is 0.345 e. The van der Waals surface area contributed by atoms with E-state index in [-0.39, 0.29) is 10.7 Å². The van der Waals surface area contributed by atoms with Crippen LogP contribution in [-0.4, -0.2) is 30.6 Å². The van der Waals surface area contributed by atoms with Gasteiger partial charge in [0.15, 0.2) is 17.3 Å². The molecule has 0 aliphatic rings. The number of benzene rings is 1. The van der Waals surface area contributed by atoms with Gasteiger partial charge in [0.25, 0.3) is 0 Å². The molecule has 1 aromatic heterocycles. The highest BCUT2D eigenvalue weighted by Crippen LogP contribution is 2.37. The van der Waals surface area contributed by atoms with E-state index in [0.29, 0.717) is 23.0 Å². The number of hydrogen-bond donors (Lipinski definition) is 1. The fourth-order valence-corrected chi connectivity index (χ4v) is 3.30. The largest absolute Gasteiger partial charge is 0.493 e. The number of carbonyl (C=O) groups excluding carboxylic acids is 1. The van der Waals surface area contributed by atoms with E-state index in [1.54, 1.807) is 19.3 Å². The summed E-state index contributed by atoms with van der Waals surface area (Å²) in [5.74, 6) is -0.130. The van der Waals surface area contributed by atoms with Gasteiger partial charge in [0.05, 0.1) is 23.1 Å². The topological polar surface area (TPSA) is 72.8 Å². The third-order valence-corrected chi connectivity index (χ3v) is 4.70. The molecule has 0 amide bonds. The molecule has 1 N–H and O–H groups in total. The monoisotopic (exact) mass is 410 g/mol. The molecule has 1 heterocycles. The Hall–Kier alpha value is -2.12. The lowest BCUT2D eigenvalue weighted by Gasteiger charge is -2.12. The smallest absolute Gasteiger partial charge is 0.345 e. The number of hydrogen-bond acceptors (Lipinski definition) is 5. The second-order valence-corrected chi connectivity index (χ2v) is 6.57. The zero-order valence-corrected chi connectivity index (χ0v) is 15.4. The minimum atomic E-state index is -1.04. The van der Waals surface area contributed by atoms with Crippen LogP contribution in [-0.2, 0) is 0 Å². The van der Waals surface area contributed by atoms with Crippen LogP contribution in [0.2, 0.25) is 0 Å². The minimum absolute atomic E-state index is 0.136. The van der Waals surface area contributed by atoms with E-state index in [0.717, 1.165) is 21.4 Å². The molecule has 0 spiro atoms. The number of rotatable bonds is 7. The van der Waals surface area contributed by atoms with E-state index in [9.17, 15) is 9.59 Å². The first-order valence-corrected chi connectivity index (χ1v) is 8.63. The van der Waals surface area contributed by atoms with E-state index in [2.05, 4.69) is 15.9 Å². The quantitative estimate of drug-likeness (QED) is 0.536. The highest BCUT2D eigenvalue weighted by molar-refractivity contribution is 9.10. The van der Waals surface area contributed by atoms with Gasteiger partial charge < -0.3 is 14.6 Å². The zero-order chi connectivity index (χ0) is 17.7. The molecule has 1 aromatic carbocycles. The van der Waals surface area contributed by atoms with E-state index in [4.69, 9.17) is 14.6 Å². The molecular weight excluding hydrogens is 396 g/mol. The maximum absolute atomic E-state index is 12.1. The van der Waals surface area contributed by atoms with Crippen LogP contribution >= 0.6 is 27.3 Å². The third kappa shape index (κ3) is 4.24. The summed E-state index contributed by atoms with van der Waals surface area (Å²) >= 11 is 4.37. The fourth-order valence-electron chi connectivity index (χ4n) is 1.96. The third-order valence-electron chi connectivity index (χ3n) is 3.03. The number of carbonyl (C=O) groups is 2. The van der Waals surface area contributed by atoms with Crippen molar-refractivity contribution in [3.05, 3.63) is 50.1 Å². The Balaban J connectivity index is 2.23. The highest BCUT2D eigenvalue weighted by atomic mass is 79.9. The van der Waals surface area contributed by atoms with Gasteiger partial charge in [-0.05, 0) is 58.8 Å². The molecule has 2 aromatic rings. The average molecular weight is 411 g/mol. The van der Waals surface area contributed by atoms with Gasteiger partial charge in [-0.25, -0.2) is 4.79 Å². The van der Waals surface area contributed by atoms with E-state index < -0.39 is 5.97 Å². The van der Waals surface area contributed by atoms with Crippen LogP contribution in [0, 0.1) is 0 Å². The van der Waals surface area contributed by atoms with Crippen molar-refractivity contribution in [2.75, 3.05) is 13.7 Å². The van der Waals surface area contributed by atoms with Gasteiger partial charge in [-0.1, -0.05) is 6.08 Å². The normalized spacial score (nSPS) is 10.8. The van der Waals surface area contributed by atoms with Crippen LogP contribution < -0.4 is 9.47 Å². The Morgan fingerprint density at radius 2 is 2.00 bits per heavy atom. The van der Waals surface area contributed by atoms with Crippen molar-refractivity contribution in [1.29, 1.82) is 0 Å². The summed E-state index contributed by atoms with van der Waals surface area (Å²) in [5.41, 5.74) is 0.755. The highest BCUT2D eigenvalue weighted by Gasteiger charge is 2.12. The van der Waals surface area contributed by atoms with E-state index in [1.165, 1.54) is 18.2 Å². The molecule has 2 rings (SSSR count). The summed E-state index contributed by atoms with van der Waals surface area (Å²) in [6, 6.07) is 6.51. The summed E-state index contributed by atoms with van der Waals surface area (Å²) in [6.45, 7) is 2.39. The number of ketones is 1. The van der Waals surface area contributed by atoms with Gasteiger partial charge in [0.1, 0.15) is 4.88 Å². The molecule has 0 atom stereocenters. The van der Waals surface area contributed by atoms with Crippen LogP contribution in [0.25, 0.3) is 6.08 Å². The maximum atomic E-state index is 12.1. The fraction of sp³-hybridized carbons (Fsp3) is 0.176. The summed E-state index contributed by atoms with van der Waals surface area (Å²) in [4.78, 5) is 23.5. The van der Waals surface area contributed by atoms with Crippen molar-refractivity contribution in [3.63, 3.8) is 0 Å². The number of thiophene rings is 1. The van der Waals surface area contributed by atoms with Crippen LogP contribution in [0.1, 0.15) is 31.8 Å². The van der Waals surface area contributed by atoms with Crippen LogP contribution in [0.3, 0.4) is 0 Å². The van der Waals surface area contributed by atoms with Crippen molar-refractivity contribution in [3.8, 4) is 11.5 Å². The van der Waals surface area contributed by atoms with Gasteiger partial charge in [-0.3, -0.25) is 4.79 Å². The van der Waals surface area contributed by atoms with Crippen molar-refractivity contribution in [2.24, 2.45) is 0 Å². The van der Waals surface area contributed by atoms with Crippen LogP contribution in [0.5, 0.6) is 11.5 Å².